The number of benzene rings is 2. The van der Waals surface area contributed by atoms with E-state index in [2.05, 4.69) is 4.98 Å². The molecule has 0 atom stereocenters. The van der Waals surface area contributed by atoms with Crippen molar-refractivity contribution in [2.75, 3.05) is 11.5 Å². The third-order valence-electron chi connectivity index (χ3n) is 2.81. The fourth-order valence-electron chi connectivity index (χ4n) is 2.01. The van der Waals surface area contributed by atoms with Gasteiger partial charge in [-0.15, -0.1) is 0 Å². The number of nitrogen functional groups attached to an aromatic ring is 2. The average molecular weight is 225 g/mol. The molecule has 4 heteroatoms. The summed E-state index contributed by atoms with van der Waals surface area (Å²) in [5.41, 5.74) is 14.7. The second-order valence-corrected chi connectivity index (χ2v) is 4.10. The summed E-state index contributed by atoms with van der Waals surface area (Å²) < 4.78 is 0. The molecule has 84 valence electrons. The fraction of sp³-hybridized carbons (Fsp3) is 0. The summed E-state index contributed by atoms with van der Waals surface area (Å²) in [4.78, 5) is 15.0. The maximum Gasteiger partial charge on any atom is 0.189 e. The predicted octanol–water partition coefficient (Wildman–Crippen LogP) is 1.80. The highest BCUT2D eigenvalue weighted by molar-refractivity contribution is 5.88. The maximum atomic E-state index is 11.8. The highest BCUT2D eigenvalue weighted by Gasteiger charge is 2.09. The molecule has 3 rings (SSSR count). The molecule has 0 fully saturated rings. The molecule has 0 unspecified atom stereocenters. The molecule has 1 aromatic rings. The number of H-pyrrole nitrogens is 1. The van der Waals surface area contributed by atoms with Crippen LogP contribution in [-0.2, 0) is 0 Å². The molecule has 0 aromatic heterocycles. The zero-order valence-corrected chi connectivity index (χ0v) is 9.03. The van der Waals surface area contributed by atoms with Gasteiger partial charge in [0.2, 0.25) is 0 Å². The van der Waals surface area contributed by atoms with Crippen molar-refractivity contribution in [2.24, 2.45) is 0 Å². The van der Waals surface area contributed by atoms with Gasteiger partial charge in [-0.2, -0.15) is 0 Å². The molecular weight excluding hydrogens is 214 g/mol. The first-order valence-corrected chi connectivity index (χ1v) is 5.25. The lowest BCUT2D eigenvalue weighted by Crippen LogP contribution is -2.07. The first kappa shape index (κ1) is 9.72. The van der Waals surface area contributed by atoms with Crippen LogP contribution in [0.4, 0.5) is 11.4 Å². The summed E-state index contributed by atoms with van der Waals surface area (Å²) in [5, 5.41) is 0.952. The number of fused-ring (bicyclic) bond motifs is 2. The number of aromatic amines is 1. The summed E-state index contributed by atoms with van der Waals surface area (Å²) in [5.74, 6) is 0. The Morgan fingerprint density at radius 3 is 2.59 bits per heavy atom. The molecule has 1 aliphatic heterocycles. The SMILES string of the molecule is Nc1cc2[nH]c3cc(N)ccc3cc-2c(=O)c1. The van der Waals surface area contributed by atoms with Crippen molar-refractivity contribution in [3.63, 3.8) is 0 Å². The molecule has 0 amide bonds. The van der Waals surface area contributed by atoms with E-state index in [9.17, 15) is 4.79 Å². The Morgan fingerprint density at radius 1 is 0.941 bits per heavy atom. The number of rotatable bonds is 0. The number of pyridine rings is 1. The zero-order valence-electron chi connectivity index (χ0n) is 9.03. The molecule has 0 saturated carbocycles. The highest BCUT2D eigenvalue weighted by atomic mass is 16.1. The molecule has 0 saturated heterocycles. The summed E-state index contributed by atoms with van der Waals surface area (Å²) >= 11 is 0. The number of hydrogen-bond acceptors (Lipinski definition) is 3. The smallest absolute Gasteiger partial charge is 0.189 e. The monoisotopic (exact) mass is 225 g/mol. The van der Waals surface area contributed by atoms with Crippen molar-refractivity contribution < 1.29 is 0 Å². The van der Waals surface area contributed by atoms with Crippen molar-refractivity contribution in [3.05, 3.63) is 46.6 Å². The summed E-state index contributed by atoms with van der Waals surface area (Å²) in [7, 11) is 0. The quantitative estimate of drug-likeness (QED) is 0.403. The van der Waals surface area contributed by atoms with Crippen molar-refractivity contribution in [3.8, 4) is 11.3 Å². The van der Waals surface area contributed by atoms with Gasteiger partial charge in [0.25, 0.3) is 0 Å². The van der Waals surface area contributed by atoms with Crippen molar-refractivity contribution >= 4 is 22.3 Å². The van der Waals surface area contributed by atoms with E-state index in [0.29, 0.717) is 16.9 Å². The van der Waals surface area contributed by atoms with Crippen LogP contribution in [0.25, 0.3) is 22.2 Å². The molecule has 1 heterocycles. The Balaban J connectivity index is 2.49. The van der Waals surface area contributed by atoms with Crippen LogP contribution in [0.5, 0.6) is 0 Å². The third kappa shape index (κ3) is 1.50. The van der Waals surface area contributed by atoms with E-state index >= 15 is 0 Å². The number of hydrogen-bond donors (Lipinski definition) is 3. The minimum absolute atomic E-state index is 0.0741. The highest BCUT2D eigenvalue weighted by Crippen LogP contribution is 2.24. The largest absolute Gasteiger partial charge is 0.399 e. The molecule has 4 nitrogen and oxygen atoms in total. The van der Waals surface area contributed by atoms with Crippen LogP contribution >= 0.6 is 0 Å². The van der Waals surface area contributed by atoms with Crippen LogP contribution in [0.2, 0.25) is 0 Å². The fourth-order valence-corrected chi connectivity index (χ4v) is 2.01. The van der Waals surface area contributed by atoms with Gasteiger partial charge >= 0.3 is 0 Å². The Morgan fingerprint density at radius 2 is 1.76 bits per heavy atom. The van der Waals surface area contributed by atoms with Gasteiger partial charge in [-0.05, 0) is 29.7 Å². The lowest BCUT2D eigenvalue weighted by molar-refractivity contribution is 1.37. The zero-order chi connectivity index (χ0) is 12.0. The van der Waals surface area contributed by atoms with E-state index in [0.717, 1.165) is 16.6 Å². The first-order valence-electron chi connectivity index (χ1n) is 5.25. The number of nitrogens with two attached hydrogens (primary N) is 2. The molecule has 1 aliphatic carbocycles. The van der Waals surface area contributed by atoms with Gasteiger partial charge < -0.3 is 16.5 Å². The lowest BCUT2D eigenvalue weighted by atomic mass is 10.0. The molecule has 2 aliphatic rings. The normalized spacial score (nSPS) is 11.1. The second kappa shape index (κ2) is 3.25. The van der Waals surface area contributed by atoms with Crippen LogP contribution in [0.1, 0.15) is 0 Å². The number of aromatic nitrogens is 1. The summed E-state index contributed by atoms with van der Waals surface area (Å²) in [6.45, 7) is 0. The van der Waals surface area contributed by atoms with Crippen molar-refractivity contribution in [1.29, 1.82) is 0 Å². The van der Waals surface area contributed by atoms with Gasteiger partial charge in [-0.1, -0.05) is 6.07 Å². The van der Waals surface area contributed by atoms with Gasteiger partial charge in [-0.3, -0.25) is 4.79 Å². The summed E-state index contributed by atoms with van der Waals surface area (Å²) in [6, 6.07) is 10.6. The molecule has 17 heavy (non-hydrogen) atoms. The van der Waals surface area contributed by atoms with E-state index in [-0.39, 0.29) is 5.43 Å². The minimum Gasteiger partial charge on any atom is -0.399 e. The molecule has 0 spiro atoms. The van der Waals surface area contributed by atoms with Crippen molar-refractivity contribution in [2.45, 2.75) is 0 Å². The molecular formula is C13H11N3O. The standard InChI is InChI=1S/C13H11N3O/c14-8-2-1-7-3-10-12(16-11(7)4-8)5-9(15)6-13(10)17/h1-6,16H,14-15H2. The lowest BCUT2D eigenvalue weighted by Gasteiger charge is -2.09. The third-order valence-corrected chi connectivity index (χ3v) is 2.81. The Kier molecular flexibility index (Phi) is 1.86. The Hall–Kier alpha value is -2.49. The molecule has 0 radical (unpaired) electrons. The van der Waals surface area contributed by atoms with Crippen LogP contribution in [0, 0.1) is 0 Å². The van der Waals surface area contributed by atoms with Crippen LogP contribution in [0.15, 0.2) is 41.2 Å². The van der Waals surface area contributed by atoms with E-state index in [1.807, 2.05) is 24.3 Å². The van der Waals surface area contributed by atoms with Gasteiger partial charge in [0.05, 0.1) is 5.69 Å². The van der Waals surface area contributed by atoms with Gasteiger partial charge in [0, 0.05) is 28.5 Å². The van der Waals surface area contributed by atoms with Gasteiger partial charge in [-0.25, -0.2) is 0 Å². The predicted molar refractivity (Wildman–Crippen MR) is 70.0 cm³/mol. The van der Waals surface area contributed by atoms with Crippen LogP contribution in [-0.4, -0.2) is 4.98 Å². The Bertz CT molecular complexity index is 745. The second-order valence-electron chi connectivity index (χ2n) is 4.10. The van der Waals surface area contributed by atoms with Crippen molar-refractivity contribution in [1.82, 2.24) is 4.98 Å². The van der Waals surface area contributed by atoms with Gasteiger partial charge in [0.1, 0.15) is 0 Å². The molecule has 1 aromatic carbocycles. The number of nitrogens with one attached hydrogen (secondary N) is 1. The van der Waals surface area contributed by atoms with E-state index in [4.69, 9.17) is 11.5 Å². The van der Waals surface area contributed by atoms with Crippen LogP contribution < -0.4 is 16.9 Å². The molecule has 0 bridgehead atoms. The van der Waals surface area contributed by atoms with E-state index in [1.165, 1.54) is 6.07 Å². The first-order chi connectivity index (χ1) is 8.13. The summed E-state index contributed by atoms with van der Waals surface area (Å²) in [6.07, 6.45) is 0. The average Bonchev–Trinajstić information content (AvgIpc) is 2.26. The maximum absolute atomic E-state index is 11.8. The Labute approximate surface area is 97.2 Å². The molecule has 5 N–H and O–H groups in total. The van der Waals surface area contributed by atoms with E-state index < -0.39 is 0 Å². The minimum atomic E-state index is -0.0741. The van der Waals surface area contributed by atoms with E-state index in [1.54, 1.807) is 6.07 Å². The van der Waals surface area contributed by atoms with Crippen LogP contribution in [0.3, 0.4) is 0 Å². The topological polar surface area (TPSA) is 84.9 Å². The number of anilines is 2. The van der Waals surface area contributed by atoms with Gasteiger partial charge in [0.15, 0.2) is 5.43 Å².